The number of piperazine rings is 1. The molecular formula is C20H22ClF3N6O. The lowest BCUT2D eigenvalue weighted by molar-refractivity contribution is -0.137. The SMILES string of the molecule is O=C(Nc1ccc(Cl)c(C(F)(F)F)c1)N1CCN(c2ccnc(N3CCCC3)n2)CC1. The van der Waals surface area contributed by atoms with Gasteiger partial charge >= 0.3 is 12.2 Å². The number of nitrogens with zero attached hydrogens (tertiary/aromatic N) is 5. The summed E-state index contributed by atoms with van der Waals surface area (Å²) in [6.07, 6.45) is -0.568. The first-order chi connectivity index (χ1) is 14.8. The average molecular weight is 455 g/mol. The van der Waals surface area contributed by atoms with Crippen LogP contribution in [0.15, 0.2) is 30.5 Å². The van der Waals surface area contributed by atoms with Gasteiger partial charge in [-0.15, -0.1) is 0 Å². The Labute approximate surface area is 182 Å². The number of halogens is 4. The van der Waals surface area contributed by atoms with Crippen molar-refractivity contribution >= 4 is 35.1 Å². The van der Waals surface area contributed by atoms with Crippen molar-refractivity contribution in [3.63, 3.8) is 0 Å². The molecule has 7 nitrogen and oxygen atoms in total. The summed E-state index contributed by atoms with van der Waals surface area (Å²) in [5.41, 5.74) is -0.926. The normalized spacial score (nSPS) is 17.2. The van der Waals surface area contributed by atoms with Crippen LogP contribution in [0.2, 0.25) is 5.02 Å². The zero-order chi connectivity index (χ0) is 22.0. The summed E-state index contributed by atoms with van der Waals surface area (Å²) in [7, 11) is 0. The molecule has 2 saturated heterocycles. The maximum atomic E-state index is 13.0. The summed E-state index contributed by atoms with van der Waals surface area (Å²) in [6.45, 7) is 3.90. The molecule has 2 aromatic rings. The Morgan fingerprint density at radius 2 is 1.71 bits per heavy atom. The van der Waals surface area contributed by atoms with Crippen molar-refractivity contribution in [1.29, 1.82) is 0 Å². The van der Waals surface area contributed by atoms with E-state index in [9.17, 15) is 18.0 Å². The van der Waals surface area contributed by atoms with E-state index in [1.54, 1.807) is 11.1 Å². The topological polar surface area (TPSA) is 64.6 Å². The Hall–Kier alpha value is -2.75. The Kier molecular flexibility index (Phi) is 6.08. The number of nitrogens with one attached hydrogen (secondary N) is 1. The minimum absolute atomic E-state index is 0.0511. The van der Waals surface area contributed by atoms with Crippen LogP contribution in [-0.2, 0) is 6.18 Å². The first-order valence-electron chi connectivity index (χ1n) is 10.1. The Balaban J connectivity index is 1.36. The van der Waals surface area contributed by atoms with Gasteiger partial charge in [-0.05, 0) is 37.1 Å². The fraction of sp³-hybridized carbons (Fsp3) is 0.450. The van der Waals surface area contributed by atoms with Crippen molar-refractivity contribution in [1.82, 2.24) is 14.9 Å². The number of aromatic nitrogens is 2. The first-order valence-corrected chi connectivity index (χ1v) is 10.4. The molecule has 166 valence electrons. The van der Waals surface area contributed by atoms with Crippen LogP contribution in [0.5, 0.6) is 0 Å². The Morgan fingerprint density at radius 1 is 1.00 bits per heavy atom. The number of urea groups is 1. The molecule has 0 spiro atoms. The van der Waals surface area contributed by atoms with E-state index in [0.717, 1.165) is 49.8 Å². The quantitative estimate of drug-likeness (QED) is 0.756. The number of hydrogen-bond donors (Lipinski definition) is 1. The lowest BCUT2D eigenvalue weighted by Crippen LogP contribution is -2.50. The van der Waals surface area contributed by atoms with Gasteiger partial charge in [-0.2, -0.15) is 18.2 Å². The van der Waals surface area contributed by atoms with Gasteiger partial charge in [-0.25, -0.2) is 9.78 Å². The smallest absolute Gasteiger partial charge is 0.353 e. The van der Waals surface area contributed by atoms with Gasteiger partial charge in [-0.1, -0.05) is 11.6 Å². The number of benzene rings is 1. The lowest BCUT2D eigenvalue weighted by Gasteiger charge is -2.35. The van der Waals surface area contributed by atoms with Crippen LogP contribution in [-0.4, -0.2) is 60.2 Å². The van der Waals surface area contributed by atoms with Crippen LogP contribution < -0.4 is 15.1 Å². The zero-order valence-corrected chi connectivity index (χ0v) is 17.5. The second kappa shape index (κ2) is 8.78. The highest BCUT2D eigenvalue weighted by Gasteiger charge is 2.33. The predicted octanol–water partition coefficient (Wildman–Crippen LogP) is 4.10. The molecule has 0 aliphatic carbocycles. The van der Waals surface area contributed by atoms with Gasteiger partial charge < -0.3 is 20.0 Å². The monoisotopic (exact) mass is 454 g/mol. The summed E-state index contributed by atoms with van der Waals surface area (Å²) < 4.78 is 39.1. The molecule has 1 aromatic heterocycles. The van der Waals surface area contributed by atoms with E-state index in [0.29, 0.717) is 26.2 Å². The molecule has 0 bridgehead atoms. The number of alkyl halides is 3. The third-order valence-electron chi connectivity index (χ3n) is 5.43. The molecular weight excluding hydrogens is 433 g/mol. The molecule has 2 amide bonds. The van der Waals surface area contributed by atoms with Gasteiger partial charge in [0.2, 0.25) is 5.95 Å². The standard InChI is InChI=1S/C20H22ClF3N6O/c21-16-4-3-14(13-15(16)20(22,23)24)26-19(31)30-11-9-28(10-12-30)17-5-6-25-18(27-17)29-7-1-2-8-29/h3-6,13H,1-2,7-12H2,(H,26,31). The number of hydrogen-bond acceptors (Lipinski definition) is 5. The summed E-state index contributed by atoms with van der Waals surface area (Å²) in [4.78, 5) is 27.4. The average Bonchev–Trinajstić information content (AvgIpc) is 3.29. The third-order valence-corrected chi connectivity index (χ3v) is 5.76. The minimum atomic E-state index is -4.59. The predicted molar refractivity (Wildman–Crippen MR) is 113 cm³/mol. The van der Waals surface area contributed by atoms with Gasteiger partial charge in [0.15, 0.2) is 0 Å². The van der Waals surface area contributed by atoms with Gasteiger partial charge in [0.1, 0.15) is 5.82 Å². The van der Waals surface area contributed by atoms with Crippen LogP contribution in [0.1, 0.15) is 18.4 Å². The molecule has 0 saturated carbocycles. The molecule has 11 heteroatoms. The lowest BCUT2D eigenvalue weighted by atomic mass is 10.2. The van der Waals surface area contributed by atoms with E-state index < -0.39 is 22.8 Å². The molecule has 2 aliphatic heterocycles. The number of carbonyl (C=O) groups excluding carboxylic acids is 1. The number of anilines is 3. The largest absolute Gasteiger partial charge is 0.417 e. The first kappa shape index (κ1) is 21.5. The molecule has 0 atom stereocenters. The van der Waals surface area contributed by atoms with E-state index in [1.807, 2.05) is 6.07 Å². The van der Waals surface area contributed by atoms with Gasteiger partial charge in [0.25, 0.3) is 0 Å². The van der Waals surface area contributed by atoms with E-state index >= 15 is 0 Å². The third kappa shape index (κ3) is 4.95. The molecule has 1 N–H and O–H groups in total. The van der Waals surface area contributed by atoms with E-state index in [4.69, 9.17) is 11.6 Å². The van der Waals surface area contributed by atoms with Crippen molar-refractivity contribution in [3.8, 4) is 0 Å². The fourth-order valence-electron chi connectivity index (χ4n) is 3.75. The summed E-state index contributed by atoms with van der Waals surface area (Å²) in [6, 6.07) is 4.73. The van der Waals surface area contributed by atoms with Crippen LogP contribution in [0.4, 0.5) is 35.4 Å². The van der Waals surface area contributed by atoms with Crippen LogP contribution in [0.25, 0.3) is 0 Å². The second-order valence-corrected chi connectivity index (χ2v) is 7.91. The molecule has 3 heterocycles. The summed E-state index contributed by atoms with van der Waals surface area (Å²) in [5, 5.41) is 2.12. The Morgan fingerprint density at radius 3 is 2.39 bits per heavy atom. The van der Waals surface area contributed by atoms with E-state index in [1.165, 1.54) is 6.07 Å². The van der Waals surface area contributed by atoms with Crippen LogP contribution in [0, 0.1) is 0 Å². The van der Waals surface area contributed by atoms with Crippen LogP contribution in [0.3, 0.4) is 0 Å². The summed E-state index contributed by atoms with van der Waals surface area (Å²) >= 11 is 5.63. The summed E-state index contributed by atoms with van der Waals surface area (Å²) in [5.74, 6) is 1.53. The van der Waals surface area contributed by atoms with Crippen molar-refractivity contribution in [2.75, 3.05) is 54.4 Å². The molecule has 2 aliphatic rings. The maximum Gasteiger partial charge on any atom is 0.417 e. The zero-order valence-electron chi connectivity index (χ0n) is 16.7. The van der Waals surface area contributed by atoms with Crippen molar-refractivity contribution in [2.24, 2.45) is 0 Å². The molecule has 31 heavy (non-hydrogen) atoms. The number of rotatable bonds is 3. The molecule has 0 unspecified atom stereocenters. The second-order valence-electron chi connectivity index (χ2n) is 7.51. The number of carbonyl (C=O) groups is 1. The van der Waals surface area contributed by atoms with Gasteiger partial charge in [0, 0.05) is 51.2 Å². The fourth-order valence-corrected chi connectivity index (χ4v) is 3.97. The number of amides is 2. The van der Waals surface area contributed by atoms with Gasteiger partial charge in [-0.3, -0.25) is 0 Å². The van der Waals surface area contributed by atoms with Crippen LogP contribution >= 0.6 is 11.6 Å². The highest BCUT2D eigenvalue weighted by atomic mass is 35.5. The van der Waals surface area contributed by atoms with Gasteiger partial charge in [0.05, 0.1) is 10.6 Å². The van der Waals surface area contributed by atoms with Crippen molar-refractivity contribution < 1.29 is 18.0 Å². The molecule has 1 aromatic carbocycles. The van der Waals surface area contributed by atoms with E-state index in [2.05, 4.69) is 25.1 Å². The molecule has 0 radical (unpaired) electrons. The molecule has 2 fully saturated rings. The minimum Gasteiger partial charge on any atom is -0.353 e. The maximum absolute atomic E-state index is 13.0. The Bertz CT molecular complexity index is 943. The van der Waals surface area contributed by atoms with E-state index in [-0.39, 0.29) is 5.69 Å². The van der Waals surface area contributed by atoms with Crippen molar-refractivity contribution in [2.45, 2.75) is 19.0 Å². The highest BCUT2D eigenvalue weighted by Crippen LogP contribution is 2.36. The molecule has 4 rings (SSSR count). The highest BCUT2D eigenvalue weighted by molar-refractivity contribution is 6.31. The van der Waals surface area contributed by atoms with Crippen molar-refractivity contribution in [3.05, 3.63) is 41.0 Å².